The van der Waals surface area contributed by atoms with Gasteiger partial charge in [-0.05, 0) is 35.2 Å². The Balaban J connectivity index is 1.75. The van der Waals surface area contributed by atoms with Crippen molar-refractivity contribution in [3.8, 4) is 11.5 Å². The number of amides is 1. The first-order valence-electron chi connectivity index (χ1n) is 8.47. The topological polar surface area (TPSA) is 47.6 Å². The lowest BCUT2D eigenvalue weighted by molar-refractivity contribution is -0.121. The summed E-state index contributed by atoms with van der Waals surface area (Å²) in [6.45, 7) is 5.12. The molecule has 5 heteroatoms. The van der Waals surface area contributed by atoms with Crippen molar-refractivity contribution in [2.45, 2.75) is 26.3 Å². The molecule has 1 atom stereocenters. The zero-order valence-electron chi connectivity index (χ0n) is 14.4. The summed E-state index contributed by atoms with van der Waals surface area (Å²) in [5.74, 6) is 1.01. The van der Waals surface area contributed by atoms with E-state index in [0.29, 0.717) is 24.5 Å². The van der Waals surface area contributed by atoms with Gasteiger partial charge in [0.2, 0.25) is 5.91 Å². The molecule has 0 saturated heterocycles. The van der Waals surface area contributed by atoms with Gasteiger partial charge in [0.05, 0.1) is 12.5 Å². The van der Waals surface area contributed by atoms with Crippen LogP contribution in [0.3, 0.4) is 0 Å². The van der Waals surface area contributed by atoms with Crippen molar-refractivity contribution in [3.63, 3.8) is 0 Å². The number of benzene rings is 2. The minimum atomic E-state index is -0.363. The highest BCUT2D eigenvalue weighted by Crippen LogP contribution is 2.34. The first kappa shape index (κ1) is 17.3. The van der Waals surface area contributed by atoms with Gasteiger partial charge in [0, 0.05) is 0 Å². The van der Waals surface area contributed by atoms with E-state index in [1.165, 1.54) is 6.07 Å². The zero-order chi connectivity index (χ0) is 17.8. The van der Waals surface area contributed by atoms with E-state index in [-0.39, 0.29) is 30.1 Å². The summed E-state index contributed by atoms with van der Waals surface area (Å²) in [6.07, 6.45) is 0.0143. The largest absolute Gasteiger partial charge is 0.486 e. The predicted molar refractivity (Wildman–Crippen MR) is 93.3 cm³/mol. The number of hydrogen-bond acceptors (Lipinski definition) is 3. The number of hydrogen-bond donors (Lipinski definition) is 1. The molecule has 0 aromatic heterocycles. The molecule has 2 aromatic rings. The first-order chi connectivity index (χ1) is 12.0. The Kier molecular flexibility index (Phi) is 5.22. The molecular formula is C20H22FNO3. The lowest BCUT2D eigenvalue weighted by atomic mass is 9.95. The van der Waals surface area contributed by atoms with E-state index in [4.69, 9.17) is 9.47 Å². The van der Waals surface area contributed by atoms with Crippen LogP contribution >= 0.6 is 0 Å². The van der Waals surface area contributed by atoms with Crippen LogP contribution in [0.1, 0.15) is 31.0 Å². The highest BCUT2D eigenvalue weighted by atomic mass is 19.1. The molecule has 1 amide bonds. The lowest BCUT2D eigenvalue weighted by Gasteiger charge is -2.25. The molecule has 1 N–H and O–H groups in total. The summed E-state index contributed by atoms with van der Waals surface area (Å²) in [7, 11) is 0. The van der Waals surface area contributed by atoms with E-state index in [0.717, 1.165) is 11.3 Å². The van der Waals surface area contributed by atoms with Crippen LogP contribution < -0.4 is 14.8 Å². The van der Waals surface area contributed by atoms with Gasteiger partial charge in [-0.15, -0.1) is 0 Å². The summed E-state index contributed by atoms with van der Waals surface area (Å²) in [5.41, 5.74) is 1.34. The summed E-state index contributed by atoms with van der Waals surface area (Å²) >= 11 is 0. The molecule has 0 fully saturated rings. The van der Waals surface area contributed by atoms with Crippen LogP contribution in [-0.4, -0.2) is 19.1 Å². The van der Waals surface area contributed by atoms with Gasteiger partial charge < -0.3 is 14.8 Å². The minimum absolute atomic E-state index is 0.0143. The van der Waals surface area contributed by atoms with Gasteiger partial charge in [-0.25, -0.2) is 4.39 Å². The second-order valence-electron chi connectivity index (χ2n) is 6.46. The van der Waals surface area contributed by atoms with E-state index >= 15 is 0 Å². The quantitative estimate of drug-likeness (QED) is 0.901. The molecule has 2 aromatic carbocycles. The van der Waals surface area contributed by atoms with Gasteiger partial charge in [-0.3, -0.25) is 4.79 Å². The van der Waals surface area contributed by atoms with Crippen molar-refractivity contribution in [3.05, 3.63) is 59.4 Å². The highest BCUT2D eigenvalue weighted by molar-refractivity contribution is 5.79. The summed E-state index contributed by atoms with van der Waals surface area (Å²) < 4.78 is 24.9. The van der Waals surface area contributed by atoms with Crippen LogP contribution in [0.5, 0.6) is 11.5 Å². The third-order valence-electron chi connectivity index (χ3n) is 4.22. The van der Waals surface area contributed by atoms with Crippen LogP contribution in [0.2, 0.25) is 0 Å². The zero-order valence-corrected chi connectivity index (χ0v) is 14.4. The molecule has 132 valence electrons. The molecular weight excluding hydrogens is 321 g/mol. The molecule has 1 aliphatic rings. The summed E-state index contributed by atoms with van der Waals surface area (Å²) in [6, 6.07) is 11.9. The summed E-state index contributed by atoms with van der Waals surface area (Å²) in [4.78, 5) is 12.4. The second-order valence-corrected chi connectivity index (χ2v) is 6.46. The second kappa shape index (κ2) is 7.55. The first-order valence-corrected chi connectivity index (χ1v) is 8.47. The van der Waals surface area contributed by atoms with Crippen molar-refractivity contribution in [2.75, 3.05) is 13.2 Å². The lowest BCUT2D eigenvalue weighted by Crippen LogP contribution is -2.33. The number of carbonyl (C=O) groups excluding carboxylic acids is 1. The summed E-state index contributed by atoms with van der Waals surface area (Å²) in [5, 5.41) is 3.01. The standard InChI is InChI=1S/C20H22FNO3/c1-13(2)20(15-7-8-17-18(11-15)25-10-9-24-17)22-19(23)12-14-5-3-4-6-16(14)21/h3-8,11,13,20H,9-10,12H2,1-2H3,(H,22,23)/t20-/m1/s1. The Morgan fingerprint density at radius 2 is 1.84 bits per heavy atom. The van der Waals surface area contributed by atoms with Crippen LogP contribution in [0.25, 0.3) is 0 Å². The maximum Gasteiger partial charge on any atom is 0.225 e. The van der Waals surface area contributed by atoms with Gasteiger partial charge in [0.25, 0.3) is 0 Å². The van der Waals surface area contributed by atoms with Crippen molar-refractivity contribution >= 4 is 5.91 Å². The van der Waals surface area contributed by atoms with E-state index in [1.54, 1.807) is 18.2 Å². The molecule has 0 saturated carbocycles. The Hall–Kier alpha value is -2.56. The minimum Gasteiger partial charge on any atom is -0.486 e. The smallest absolute Gasteiger partial charge is 0.225 e. The van der Waals surface area contributed by atoms with Gasteiger partial charge in [-0.2, -0.15) is 0 Å². The maximum absolute atomic E-state index is 13.7. The Morgan fingerprint density at radius 3 is 2.56 bits per heavy atom. The van der Waals surface area contributed by atoms with Crippen molar-refractivity contribution in [1.82, 2.24) is 5.32 Å². The Labute approximate surface area is 147 Å². The fourth-order valence-electron chi connectivity index (χ4n) is 2.93. The monoisotopic (exact) mass is 343 g/mol. The number of carbonyl (C=O) groups is 1. The predicted octanol–water partition coefficient (Wildman–Crippen LogP) is 3.65. The Morgan fingerprint density at radius 1 is 1.12 bits per heavy atom. The van der Waals surface area contributed by atoms with Crippen molar-refractivity contribution in [1.29, 1.82) is 0 Å². The maximum atomic E-state index is 13.7. The van der Waals surface area contributed by atoms with Crippen LogP contribution in [0.15, 0.2) is 42.5 Å². The van der Waals surface area contributed by atoms with Crippen LogP contribution in [0.4, 0.5) is 4.39 Å². The Bertz CT molecular complexity index is 760. The number of fused-ring (bicyclic) bond motifs is 1. The normalized spacial score (nSPS) is 14.2. The highest BCUT2D eigenvalue weighted by Gasteiger charge is 2.22. The molecule has 0 aliphatic carbocycles. The van der Waals surface area contributed by atoms with E-state index in [9.17, 15) is 9.18 Å². The van der Waals surface area contributed by atoms with Gasteiger partial charge >= 0.3 is 0 Å². The van der Waals surface area contributed by atoms with Crippen molar-refractivity contribution in [2.24, 2.45) is 5.92 Å². The molecule has 4 nitrogen and oxygen atoms in total. The van der Waals surface area contributed by atoms with Crippen LogP contribution in [0, 0.1) is 11.7 Å². The molecule has 25 heavy (non-hydrogen) atoms. The van der Waals surface area contributed by atoms with Crippen molar-refractivity contribution < 1.29 is 18.7 Å². The fraction of sp³-hybridized carbons (Fsp3) is 0.350. The number of ether oxygens (including phenoxy) is 2. The van der Waals surface area contributed by atoms with Gasteiger partial charge in [-0.1, -0.05) is 38.1 Å². The van der Waals surface area contributed by atoms with Gasteiger partial charge in [0.15, 0.2) is 11.5 Å². The fourth-order valence-corrected chi connectivity index (χ4v) is 2.93. The third-order valence-corrected chi connectivity index (χ3v) is 4.22. The molecule has 3 rings (SSSR count). The molecule has 0 radical (unpaired) electrons. The number of halogens is 1. The average molecular weight is 343 g/mol. The third kappa shape index (κ3) is 4.10. The number of nitrogens with one attached hydrogen (secondary N) is 1. The molecule has 1 aliphatic heterocycles. The van der Waals surface area contributed by atoms with E-state index in [2.05, 4.69) is 5.32 Å². The molecule has 0 unspecified atom stereocenters. The van der Waals surface area contributed by atoms with Crippen LogP contribution in [-0.2, 0) is 11.2 Å². The van der Waals surface area contributed by atoms with E-state index in [1.807, 2.05) is 32.0 Å². The molecule has 1 heterocycles. The molecule has 0 spiro atoms. The SMILES string of the molecule is CC(C)[C@@H](NC(=O)Cc1ccccc1F)c1ccc2c(c1)OCCO2. The molecule has 0 bridgehead atoms. The number of rotatable bonds is 5. The average Bonchev–Trinajstić information content (AvgIpc) is 2.61. The van der Waals surface area contributed by atoms with E-state index < -0.39 is 0 Å². The van der Waals surface area contributed by atoms with Gasteiger partial charge in [0.1, 0.15) is 19.0 Å².